The smallest absolute Gasteiger partial charge is 0.423 e. The number of hydrogen-bond donors (Lipinski definition) is 3. The Labute approximate surface area is 102 Å². The lowest BCUT2D eigenvalue weighted by molar-refractivity contribution is 0.00188. The van der Waals surface area contributed by atoms with E-state index in [0.29, 0.717) is 5.46 Å². The second-order valence-electron chi connectivity index (χ2n) is 4.63. The average molecular weight is 235 g/mol. The first kappa shape index (κ1) is 12.6. The van der Waals surface area contributed by atoms with Crippen molar-refractivity contribution in [2.75, 3.05) is 19.6 Å². The Balaban J connectivity index is 1.71. The van der Waals surface area contributed by atoms with Gasteiger partial charge in [0.25, 0.3) is 0 Å². The van der Waals surface area contributed by atoms with E-state index in [1.165, 1.54) is 5.56 Å². The molecule has 5 heteroatoms. The van der Waals surface area contributed by atoms with Crippen LogP contribution in [0.3, 0.4) is 0 Å². The number of aliphatic hydroxyl groups excluding tert-OH is 1. The van der Waals surface area contributed by atoms with E-state index in [9.17, 15) is 0 Å². The first-order valence-electron chi connectivity index (χ1n) is 6.00. The van der Waals surface area contributed by atoms with Crippen molar-refractivity contribution in [2.24, 2.45) is 0 Å². The van der Waals surface area contributed by atoms with Crippen LogP contribution in [0, 0.1) is 0 Å². The Morgan fingerprint density at radius 3 is 2.35 bits per heavy atom. The summed E-state index contributed by atoms with van der Waals surface area (Å²) in [6.45, 7) is 2.62. The van der Waals surface area contributed by atoms with Crippen LogP contribution in [-0.4, -0.2) is 52.9 Å². The maximum absolute atomic E-state index is 9.13. The molecule has 1 heterocycles. The van der Waals surface area contributed by atoms with Crippen molar-refractivity contribution in [3.05, 3.63) is 29.8 Å². The summed E-state index contributed by atoms with van der Waals surface area (Å²) in [5.74, 6) is 0. The fraction of sp³-hybridized carbons (Fsp3) is 0.500. The van der Waals surface area contributed by atoms with E-state index in [0.717, 1.165) is 32.5 Å². The normalized spacial score (nSPS) is 16.9. The van der Waals surface area contributed by atoms with Crippen LogP contribution >= 0.6 is 0 Å². The Morgan fingerprint density at radius 1 is 1.18 bits per heavy atom. The molecule has 92 valence electrons. The zero-order chi connectivity index (χ0) is 12.3. The summed E-state index contributed by atoms with van der Waals surface area (Å²) in [5.41, 5.74) is 1.73. The van der Waals surface area contributed by atoms with Gasteiger partial charge in [0.1, 0.15) is 0 Å². The van der Waals surface area contributed by atoms with Gasteiger partial charge in [0.2, 0.25) is 0 Å². The maximum atomic E-state index is 9.13. The highest BCUT2D eigenvalue weighted by Gasteiger charge is 2.22. The van der Waals surface area contributed by atoms with Gasteiger partial charge in [-0.15, -0.1) is 0 Å². The van der Waals surface area contributed by atoms with Crippen LogP contribution < -0.4 is 5.46 Å². The Hall–Kier alpha value is -0.875. The van der Waals surface area contributed by atoms with Gasteiger partial charge in [-0.1, -0.05) is 24.3 Å². The third-order valence-electron chi connectivity index (χ3n) is 3.16. The molecule has 1 saturated heterocycles. The quantitative estimate of drug-likeness (QED) is 0.571. The minimum atomic E-state index is -1.38. The Bertz CT molecular complexity index is 349. The van der Waals surface area contributed by atoms with Gasteiger partial charge in [-0.3, -0.25) is 4.90 Å². The summed E-state index contributed by atoms with van der Waals surface area (Å²) in [4.78, 5) is 2.23. The lowest BCUT2D eigenvalue weighted by Crippen LogP contribution is -2.50. The molecule has 0 aromatic heterocycles. The van der Waals surface area contributed by atoms with Crippen molar-refractivity contribution in [3.63, 3.8) is 0 Å². The number of aryl methyl sites for hydroxylation is 1. The predicted octanol–water partition coefficient (Wildman–Crippen LogP) is -1.02. The summed E-state index contributed by atoms with van der Waals surface area (Å²) in [5, 5.41) is 27.0. The van der Waals surface area contributed by atoms with E-state index in [-0.39, 0.29) is 6.10 Å². The Kier molecular flexibility index (Phi) is 4.18. The highest BCUT2D eigenvalue weighted by Crippen LogP contribution is 2.09. The van der Waals surface area contributed by atoms with Crippen LogP contribution in [0.25, 0.3) is 0 Å². The molecule has 2 rings (SSSR count). The number of rotatable bonds is 5. The van der Waals surface area contributed by atoms with Gasteiger partial charge in [-0.2, -0.15) is 0 Å². The van der Waals surface area contributed by atoms with Gasteiger partial charge in [-0.05, 0) is 30.4 Å². The van der Waals surface area contributed by atoms with Crippen LogP contribution in [0.1, 0.15) is 12.0 Å². The van der Waals surface area contributed by atoms with Crippen molar-refractivity contribution in [1.29, 1.82) is 0 Å². The summed E-state index contributed by atoms with van der Waals surface area (Å²) in [6.07, 6.45) is 1.92. The summed E-state index contributed by atoms with van der Waals surface area (Å²) in [7, 11) is -1.38. The second kappa shape index (κ2) is 5.64. The molecule has 3 N–H and O–H groups in total. The number of nitrogens with zero attached hydrogens (tertiary/aromatic N) is 1. The average Bonchev–Trinajstić information content (AvgIpc) is 2.27. The van der Waals surface area contributed by atoms with Crippen molar-refractivity contribution >= 4 is 12.6 Å². The molecule has 0 radical (unpaired) electrons. The molecule has 4 nitrogen and oxygen atoms in total. The van der Waals surface area contributed by atoms with Crippen molar-refractivity contribution in [1.82, 2.24) is 4.90 Å². The monoisotopic (exact) mass is 235 g/mol. The van der Waals surface area contributed by atoms with Crippen LogP contribution in [0.4, 0.5) is 0 Å². The van der Waals surface area contributed by atoms with Crippen molar-refractivity contribution in [2.45, 2.75) is 18.9 Å². The first-order valence-corrected chi connectivity index (χ1v) is 6.00. The topological polar surface area (TPSA) is 63.9 Å². The number of benzene rings is 1. The number of aliphatic hydroxyl groups is 1. The lowest BCUT2D eigenvalue weighted by atomic mass is 9.80. The fourth-order valence-corrected chi connectivity index (χ4v) is 2.09. The zero-order valence-electron chi connectivity index (χ0n) is 9.79. The molecule has 0 atom stereocenters. The second-order valence-corrected chi connectivity index (χ2v) is 4.63. The molecular formula is C12H18BNO3. The highest BCUT2D eigenvalue weighted by atomic mass is 16.4. The summed E-state index contributed by atoms with van der Waals surface area (Å²) >= 11 is 0. The van der Waals surface area contributed by atoms with Crippen LogP contribution in [0.15, 0.2) is 24.3 Å². The predicted molar refractivity (Wildman–Crippen MR) is 67.0 cm³/mol. The standard InChI is InChI=1S/C12H18BNO3/c15-12-8-14(9-12)7-1-2-10-3-5-11(6-4-10)13(16)17/h3-6,12,15-17H,1-2,7-9H2. The van der Waals surface area contributed by atoms with Gasteiger partial charge in [0.05, 0.1) is 6.10 Å². The SMILES string of the molecule is OB(O)c1ccc(CCCN2CC(O)C2)cc1. The molecule has 1 aliphatic rings. The molecule has 0 saturated carbocycles. The van der Waals surface area contributed by atoms with E-state index in [4.69, 9.17) is 15.2 Å². The number of hydrogen-bond acceptors (Lipinski definition) is 4. The first-order chi connectivity index (χ1) is 8.15. The van der Waals surface area contributed by atoms with E-state index < -0.39 is 7.12 Å². The van der Waals surface area contributed by atoms with Gasteiger partial charge in [0, 0.05) is 13.1 Å². The largest absolute Gasteiger partial charge is 0.488 e. The van der Waals surface area contributed by atoms with Gasteiger partial charge in [-0.25, -0.2) is 0 Å². The van der Waals surface area contributed by atoms with Gasteiger partial charge in [0.15, 0.2) is 0 Å². The molecule has 17 heavy (non-hydrogen) atoms. The van der Waals surface area contributed by atoms with E-state index >= 15 is 0 Å². The Morgan fingerprint density at radius 2 is 1.82 bits per heavy atom. The van der Waals surface area contributed by atoms with Gasteiger partial charge >= 0.3 is 7.12 Å². The maximum Gasteiger partial charge on any atom is 0.488 e. The molecule has 0 spiro atoms. The van der Waals surface area contributed by atoms with Crippen molar-refractivity contribution in [3.8, 4) is 0 Å². The molecule has 0 aliphatic carbocycles. The number of β-amino-alcohol motifs (C(OH)–C–C–N with tert-alkyl or cyclic N) is 1. The van der Waals surface area contributed by atoms with E-state index in [1.807, 2.05) is 12.1 Å². The van der Waals surface area contributed by atoms with Crippen molar-refractivity contribution < 1.29 is 15.2 Å². The molecular weight excluding hydrogens is 217 g/mol. The van der Waals surface area contributed by atoms with Crippen LogP contribution in [0.5, 0.6) is 0 Å². The van der Waals surface area contributed by atoms with Crippen LogP contribution in [-0.2, 0) is 6.42 Å². The van der Waals surface area contributed by atoms with E-state index in [2.05, 4.69) is 4.90 Å². The molecule has 0 bridgehead atoms. The summed E-state index contributed by atoms with van der Waals surface area (Å²) < 4.78 is 0. The molecule has 1 aromatic carbocycles. The third kappa shape index (κ3) is 3.54. The summed E-state index contributed by atoms with van der Waals surface area (Å²) in [6, 6.07) is 7.35. The highest BCUT2D eigenvalue weighted by molar-refractivity contribution is 6.58. The zero-order valence-corrected chi connectivity index (χ0v) is 9.79. The molecule has 1 fully saturated rings. The minimum Gasteiger partial charge on any atom is -0.423 e. The fourth-order valence-electron chi connectivity index (χ4n) is 2.09. The molecule has 0 unspecified atom stereocenters. The van der Waals surface area contributed by atoms with Crippen LogP contribution in [0.2, 0.25) is 0 Å². The van der Waals surface area contributed by atoms with Gasteiger partial charge < -0.3 is 15.2 Å². The molecule has 0 amide bonds. The minimum absolute atomic E-state index is 0.125. The van der Waals surface area contributed by atoms with E-state index in [1.54, 1.807) is 12.1 Å². The third-order valence-corrected chi connectivity index (χ3v) is 3.16. The lowest BCUT2D eigenvalue weighted by Gasteiger charge is -2.35. The molecule has 1 aliphatic heterocycles. The number of likely N-dealkylation sites (tertiary alicyclic amines) is 1. The molecule has 1 aromatic rings.